The Morgan fingerprint density at radius 1 is 0.868 bits per heavy atom. The summed E-state index contributed by atoms with van der Waals surface area (Å²) in [5, 5.41) is 11.3. The van der Waals surface area contributed by atoms with E-state index in [-0.39, 0.29) is 11.3 Å². The first-order valence-corrected chi connectivity index (χ1v) is 13.9. The van der Waals surface area contributed by atoms with E-state index in [4.69, 9.17) is 9.47 Å². The number of ketones is 1. The molecule has 3 rings (SSSR count). The van der Waals surface area contributed by atoms with E-state index in [0.29, 0.717) is 31.1 Å². The van der Waals surface area contributed by atoms with E-state index in [2.05, 4.69) is 25.7 Å². The van der Waals surface area contributed by atoms with Crippen molar-refractivity contribution in [1.29, 1.82) is 0 Å². The number of ether oxygens (including phenoxy) is 2. The zero-order valence-corrected chi connectivity index (χ0v) is 23.2. The number of hydrogen-bond acceptors (Lipinski definition) is 6. The molecule has 0 saturated carbocycles. The van der Waals surface area contributed by atoms with Crippen molar-refractivity contribution in [3.8, 4) is 11.5 Å². The Hall–Kier alpha value is -3.32. The highest BCUT2D eigenvalue weighted by Crippen LogP contribution is 2.40. The summed E-state index contributed by atoms with van der Waals surface area (Å²) in [6.07, 6.45) is 3.97. The molecule has 0 spiro atoms. The van der Waals surface area contributed by atoms with Crippen molar-refractivity contribution in [2.24, 2.45) is 0 Å². The summed E-state index contributed by atoms with van der Waals surface area (Å²) in [7, 11) is 0. The van der Waals surface area contributed by atoms with E-state index in [1.807, 2.05) is 31.2 Å². The summed E-state index contributed by atoms with van der Waals surface area (Å²) in [6.45, 7) is 12.5. The predicted octanol–water partition coefficient (Wildman–Crippen LogP) is 5.81. The maximum atomic E-state index is 13.3. The number of hydrogen-bond donors (Lipinski definition) is 1. The average Bonchev–Trinajstić information content (AvgIpc) is 3.19. The zero-order valence-electron chi connectivity index (χ0n) is 23.2. The maximum absolute atomic E-state index is 13.3. The minimum atomic E-state index is -0.674. The SMILES string of the molecule is CCCCCOc1ccc([C@H]2C(=C(O)c3ccc(OCC)cc3)C(=O)C(=O)N2CCCN(CC)CC)cc1. The highest BCUT2D eigenvalue weighted by atomic mass is 16.5. The first-order chi connectivity index (χ1) is 18.4. The van der Waals surface area contributed by atoms with Crippen molar-refractivity contribution < 1.29 is 24.2 Å². The summed E-state index contributed by atoms with van der Waals surface area (Å²) in [5.41, 5.74) is 1.34. The lowest BCUT2D eigenvalue weighted by atomic mass is 9.95. The first kappa shape index (κ1) is 29.2. The summed E-state index contributed by atoms with van der Waals surface area (Å²) in [4.78, 5) is 30.4. The molecule has 2 aromatic carbocycles. The van der Waals surface area contributed by atoms with Crippen LogP contribution in [0.3, 0.4) is 0 Å². The van der Waals surface area contributed by atoms with Gasteiger partial charge in [-0.3, -0.25) is 9.59 Å². The third-order valence-electron chi connectivity index (χ3n) is 6.96. The van der Waals surface area contributed by atoms with Gasteiger partial charge in [0.2, 0.25) is 0 Å². The predicted molar refractivity (Wildman–Crippen MR) is 150 cm³/mol. The molecule has 38 heavy (non-hydrogen) atoms. The monoisotopic (exact) mass is 522 g/mol. The van der Waals surface area contributed by atoms with Crippen LogP contribution in [0.25, 0.3) is 5.76 Å². The smallest absolute Gasteiger partial charge is 0.295 e. The molecular weight excluding hydrogens is 480 g/mol. The molecule has 0 aromatic heterocycles. The molecule has 1 aliphatic heterocycles. The molecule has 206 valence electrons. The third kappa shape index (κ3) is 7.16. The van der Waals surface area contributed by atoms with Gasteiger partial charge < -0.3 is 24.4 Å². The minimum Gasteiger partial charge on any atom is -0.507 e. The Labute approximate surface area is 227 Å². The van der Waals surface area contributed by atoms with Crippen molar-refractivity contribution in [3.05, 3.63) is 65.2 Å². The van der Waals surface area contributed by atoms with E-state index in [0.717, 1.165) is 56.6 Å². The molecular formula is C31H42N2O5. The fourth-order valence-corrected chi connectivity index (χ4v) is 4.78. The number of nitrogens with zero attached hydrogens (tertiary/aromatic N) is 2. The standard InChI is InChI=1S/C31H42N2O5/c1-5-9-10-22-38-26-16-12-23(13-17-26)28-27(29(34)24-14-18-25(19-15-24)37-8-4)30(35)31(36)33(28)21-11-20-32(6-2)7-3/h12-19,28,34H,5-11,20-22H2,1-4H3/t28-/m0/s1. The fraction of sp³-hybridized carbons (Fsp3) is 0.484. The summed E-state index contributed by atoms with van der Waals surface area (Å²) in [5.74, 6) is -0.00425. The molecule has 1 heterocycles. The Morgan fingerprint density at radius 3 is 2.11 bits per heavy atom. The number of likely N-dealkylation sites (tertiary alicyclic amines) is 1. The second-order valence-corrected chi connectivity index (χ2v) is 9.45. The zero-order chi connectivity index (χ0) is 27.5. The highest BCUT2D eigenvalue weighted by Gasteiger charge is 2.45. The molecule has 1 atom stereocenters. The van der Waals surface area contributed by atoms with Crippen molar-refractivity contribution in [2.45, 2.75) is 59.4 Å². The molecule has 1 N–H and O–H groups in total. The number of carbonyl (C=O) groups excluding carboxylic acids is 2. The average molecular weight is 523 g/mol. The molecule has 0 unspecified atom stereocenters. The lowest BCUT2D eigenvalue weighted by molar-refractivity contribution is -0.140. The molecule has 2 aromatic rings. The van der Waals surface area contributed by atoms with Gasteiger partial charge in [-0.05, 0) is 81.4 Å². The molecule has 0 aliphatic carbocycles. The van der Waals surface area contributed by atoms with Crippen molar-refractivity contribution in [3.63, 3.8) is 0 Å². The van der Waals surface area contributed by atoms with Gasteiger partial charge in [-0.15, -0.1) is 0 Å². The number of amides is 1. The second kappa shape index (κ2) is 14.6. The van der Waals surface area contributed by atoms with E-state index in [1.165, 1.54) is 0 Å². The molecule has 0 radical (unpaired) electrons. The second-order valence-electron chi connectivity index (χ2n) is 9.45. The molecule has 0 bridgehead atoms. The lowest BCUT2D eigenvalue weighted by Gasteiger charge is -2.27. The molecule has 7 nitrogen and oxygen atoms in total. The Balaban J connectivity index is 1.94. The number of Topliss-reactive ketones (excluding diaryl/α,β-unsaturated/α-hetero) is 1. The first-order valence-electron chi connectivity index (χ1n) is 13.9. The van der Waals surface area contributed by atoms with Crippen LogP contribution in [0, 0.1) is 0 Å². The van der Waals surface area contributed by atoms with Crippen LogP contribution < -0.4 is 9.47 Å². The highest BCUT2D eigenvalue weighted by molar-refractivity contribution is 6.46. The van der Waals surface area contributed by atoms with Gasteiger partial charge in [0.25, 0.3) is 11.7 Å². The van der Waals surface area contributed by atoms with Crippen molar-refractivity contribution in [2.75, 3.05) is 39.4 Å². The number of unbranched alkanes of at least 4 members (excludes halogenated alkanes) is 2. The van der Waals surface area contributed by atoms with Crippen LogP contribution >= 0.6 is 0 Å². The van der Waals surface area contributed by atoms with Gasteiger partial charge in [-0.2, -0.15) is 0 Å². The van der Waals surface area contributed by atoms with E-state index < -0.39 is 17.7 Å². The van der Waals surface area contributed by atoms with Crippen LogP contribution in [-0.4, -0.2) is 66.0 Å². The molecule has 1 saturated heterocycles. The van der Waals surface area contributed by atoms with Crippen molar-refractivity contribution >= 4 is 17.4 Å². The van der Waals surface area contributed by atoms with Crippen LogP contribution in [-0.2, 0) is 9.59 Å². The van der Waals surface area contributed by atoms with E-state index >= 15 is 0 Å². The fourth-order valence-electron chi connectivity index (χ4n) is 4.78. The third-order valence-corrected chi connectivity index (χ3v) is 6.96. The number of aliphatic hydroxyl groups is 1. The van der Waals surface area contributed by atoms with Crippen LogP contribution in [0.1, 0.15) is 70.5 Å². The topological polar surface area (TPSA) is 79.3 Å². The van der Waals surface area contributed by atoms with Crippen LogP contribution in [0.15, 0.2) is 54.1 Å². The van der Waals surface area contributed by atoms with Gasteiger partial charge in [0.05, 0.1) is 24.8 Å². The van der Waals surface area contributed by atoms with Gasteiger partial charge in [0.15, 0.2) is 0 Å². The maximum Gasteiger partial charge on any atom is 0.295 e. The van der Waals surface area contributed by atoms with Gasteiger partial charge in [0.1, 0.15) is 17.3 Å². The van der Waals surface area contributed by atoms with Gasteiger partial charge in [-0.25, -0.2) is 0 Å². The molecule has 7 heteroatoms. The van der Waals surface area contributed by atoms with E-state index in [1.54, 1.807) is 29.2 Å². The van der Waals surface area contributed by atoms with Gasteiger partial charge in [0, 0.05) is 12.1 Å². The van der Waals surface area contributed by atoms with E-state index in [9.17, 15) is 14.7 Å². The lowest BCUT2D eigenvalue weighted by Crippen LogP contribution is -2.33. The van der Waals surface area contributed by atoms with Gasteiger partial charge in [-0.1, -0.05) is 45.7 Å². The number of carbonyl (C=O) groups is 2. The number of aliphatic hydroxyl groups excluding tert-OH is 1. The molecule has 1 aliphatic rings. The van der Waals surface area contributed by atoms with Crippen LogP contribution in [0.4, 0.5) is 0 Å². The molecule has 1 fully saturated rings. The quantitative estimate of drug-likeness (QED) is 0.138. The van der Waals surface area contributed by atoms with Crippen LogP contribution in [0.5, 0.6) is 11.5 Å². The summed E-state index contributed by atoms with van der Waals surface area (Å²) in [6, 6.07) is 13.7. The normalized spacial score (nSPS) is 16.9. The largest absolute Gasteiger partial charge is 0.507 e. The van der Waals surface area contributed by atoms with Crippen LogP contribution in [0.2, 0.25) is 0 Å². The summed E-state index contributed by atoms with van der Waals surface area (Å²) >= 11 is 0. The van der Waals surface area contributed by atoms with Crippen molar-refractivity contribution in [1.82, 2.24) is 9.80 Å². The Bertz CT molecular complexity index is 1070. The Morgan fingerprint density at radius 2 is 1.50 bits per heavy atom. The van der Waals surface area contributed by atoms with Gasteiger partial charge >= 0.3 is 0 Å². The Kier molecular flexibility index (Phi) is 11.2. The summed E-state index contributed by atoms with van der Waals surface area (Å²) < 4.78 is 11.4. The minimum absolute atomic E-state index is 0.110. The molecule has 1 amide bonds. The number of rotatable bonds is 15. The number of benzene rings is 2.